The zero-order chi connectivity index (χ0) is 27.8. The normalized spacial score (nSPS) is 23.0. The van der Waals surface area contributed by atoms with Gasteiger partial charge in [0.1, 0.15) is 5.82 Å². The van der Waals surface area contributed by atoms with E-state index >= 15 is 0 Å². The lowest BCUT2D eigenvalue weighted by molar-refractivity contribution is 0.0951. The van der Waals surface area contributed by atoms with Gasteiger partial charge in [-0.15, -0.1) is 0 Å². The van der Waals surface area contributed by atoms with Crippen LogP contribution in [-0.4, -0.2) is 62.7 Å². The van der Waals surface area contributed by atoms with Crippen molar-refractivity contribution in [3.8, 4) is 11.3 Å². The van der Waals surface area contributed by atoms with Crippen molar-refractivity contribution in [3.63, 3.8) is 0 Å². The second-order valence-corrected chi connectivity index (χ2v) is 11.8. The summed E-state index contributed by atoms with van der Waals surface area (Å²) >= 11 is 0. The van der Waals surface area contributed by atoms with Gasteiger partial charge in [0.2, 0.25) is 0 Å². The fraction of sp³-hybridized carbons (Fsp3) is 0.484. The van der Waals surface area contributed by atoms with E-state index in [9.17, 15) is 4.79 Å². The molecule has 0 bridgehead atoms. The van der Waals surface area contributed by atoms with Crippen molar-refractivity contribution in [2.24, 2.45) is 0 Å². The van der Waals surface area contributed by atoms with Crippen LogP contribution in [0.25, 0.3) is 17.0 Å². The number of benzene rings is 1. The van der Waals surface area contributed by atoms with Gasteiger partial charge in [-0.2, -0.15) is 5.10 Å². The van der Waals surface area contributed by atoms with Crippen LogP contribution >= 0.6 is 0 Å². The highest BCUT2D eigenvalue weighted by atomic mass is 16.4. The lowest BCUT2D eigenvalue weighted by Gasteiger charge is -2.40. The fourth-order valence-electron chi connectivity index (χ4n) is 6.27. The first-order chi connectivity index (χ1) is 20.1. The Morgan fingerprint density at radius 1 is 1.00 bits per heavy atom. The summed E-state index contributed by atoms with van der Waals surface area (Å²) in [7, 11) is 0. The van der Waals surface area contributed by atoms with Crippen molar-refractivity contribution >= 4 is 23.3 Å². The van der Waals surface area contributed by atoms with Crippen LogP contribution in [0.2, 0.25) is 0 Å². The number of amides is 1. The van der Waals surface area contributed by atoms with Crippen LogP contribution in [0, 0.1) is 6.92 Å². The minimum atomic E-state index is -0.0290. The Morgan fingerprint density at radius 2 is 1.88 bits per heavy atom. The quantitative estimate of drug-likeness (QED) is 0.291. The third kappa shape index (κ3) is 5.93. The molecule has 1 aromatic carbocycles. The summed E-state index contributed by atoms with van der Waals surface area (Å²) in [6.45, 7) is 3.94. The van der Waals surface area contributed by atoms with Gasteiger partial charge in [-0.05, 0) is 69.7 Å². The molecule has 2 saturated carbocycles. The predicted octanol–water partition coefficient (Wildman–Crippen LogP) is 4.57. The Labute approximate surface area is 239 Å². The standard InChI is InChI=1S/C31H38N8O2/c1-20-33-29-14-13-25(19-39(29)37-20)38-15-5-8-24(18-38)34-26-9-2-3-10-27(26)36-31-32-17-28(41-31)21-6-4-7-22(16-21)30(40)35-23-11-12-23/h4,6-7,13-14,16-17,19,23-24,26-27,34H,2-3,5,8-12,15,18H2,1H3,(H,32,36)(H,35,40). The summed E-state index contributed by atoms with van der Waals surface area (Å²) in [5.41, 5.74) is 3.58. The Balaban J connectivity index is 0.995. The number of hydrogen-bond acceptors (Lipinski definition) is 8. The van der Waals surface area contributed by atoms with Gasteiger partial charge in [-0.3, -0.25) is 4.79 Å². The van der Waals surface area contributed by atoms with Crippen molar-refractivity contribution in [1.82, 2.24) is 30.2 Å². The molecular weight excluding hydrogens is 516 g/mol. The summed E-state index contributed by atoms with van der Waals surface area (Å²) in [6.07, 6.45) is 12.9. The Bertz CT molecular complexity index is 1530. The number of nitrogens with zero attached hydrogens (tertiary/aromatic N) is 5. The molecule has 1 amide bonds. The fourth-order valence-corrected chi connectivity index (χ4v) is 6.27. The van der Waals surface area contributed by atoms with Crippen molar-refractivity contribution in [3.05, 3.63) is 60.2 Å². The largest absolute Gasteiger partial charge is 0.424 e. The number of anilines is 2. The van der Waals surface area contributed by atoms with Gasteiger partial charge in [0.25, 0.3) is 11.9 Å². The van der Waals surface area contributed by atoms with Gasteiger partial charge in [-0.25, -0.2) is 14.5 Å². The number of pyridine rings is 1. The molecule has 4 aromatic rings. The van der Waals surface area contributed by atoms with E-state index in [1.807, 2.05) is 35.7 Å². The van der Waals surface area contributed by atoms with Crippen LogP contribution in [0.15, 0.2) is 53.2 Å². The predicted molar refractivity (Wildman–Crippen MR) is 158 cm³/mol. The first kappa shape index (κ1) is 26.0. The molecule has 3 fully saturated rings. The molecule has 10 heteroatoms. The number of hydrogen-bond donors (Lipinski definition) is 3. The molecule has 0 spiro atoms. The maximum atomic E-state index is 12.5. The number of aryl methyl sites for hydroxylation is 1. The molecule has 214 valence electrons. The molecule has 3 atom stereocenters. The van der Waals surface area contributed by atoms with Crippen LogP contribution in [-0.2, 0) is 0 Å². The molecule has 3 aromatic heterocycles. The first-order valence-electron chi connectivity index (χ1n) is 15.0. The molecule has 3 aliphatic rings. The Morgan fingerprint density at radius 3 is 2.76 bits per heavy atom. The van der Waals surface area contributed by atoms with E-state index in [2.05, 4.69) is 54.2 Å². The zero-order valence-electron chi connectivity index (χ0n) is 23.6. The van der Waals surface area contributed by atoms with Crippen LogP contribution in [0.4, 0.5) is 11.7 Å². The molecule has 4 heterocycles. The van der Waals surface area contributed by atoms with Gasteiger partial charge < -0.3 is 25.3 Å². The van der Waals surface area contributed by atoms with Crippen LogP contribution < -0.4 is 20.9 Å². The average Bonchev–Trinajstić information content (AvgIpc) is 3.54. The highest BCUT2D eigenvalue weighted by Crippen LogP contribution is 2.28. The number of oxazole rings is 1. The van der Waals surface area contributed by atoms with E-state index in [4.69, 9.17) is 4.42 Å². The molecule has 10 nitrogen and oxygen atoms in total. The molecule has 0 radical (unpaired) electrons. The van der Waals surface area contributed by atoms with Gasteiger partial charge in [0, 0.05) is 48.4 Å². The molecule has 3 unspecified atom stereocenters. The molecule has 7 rings (SSSR count). The van der Waals surface area contributed by atoms with Gasteiger partial charge in [-0.1, -0.05) is 25.0 Å². The van der Waals surface area contributed by atoms with E-state index < -0.39 is 0 Å². The topological polar surface area (TPSA) is 113 Å². The van der Waals surface area contributed by atoms with Crippen molar-refractivity contribution in [1.29, 1.82) is 0 Å². The van der Waals surface area contributed by atoms with Gasteiger partial charge in [0.15, 0.2) is 11.4 Å². The third-order valence-corrected chi connectivity index (χ3v) is 8.56. The molecule has 1 saturated heterocycles. The van der Waals surface area contributed by atoms with E-state index in [-0.39, 0.29) is 11.9 Å². The van der Waals surface area contributed by atoms with Crippen LogP contribution in [0.5, 0.6) is 0 Å². The van der Waals surface area contributed by atoms with Gasteiger partial charge in [0.05, 0.1) is 18.1 Å². The summed E-state index contributed by atoms with van der Waals surface area (Å²) in [4.78, 5) is 24.0. The van der Waals surface area contributed by atoms with Crippen molar-refractivity contribution in [2.45, 2.75) is 82.5 Å². The first-order valence-corrected chi connectivity index (χ1v) is 15.0. The van der Waals surface area contributed by atoms with E-state index in [1.54, 1.807) is 6.20 Å². The monoisotopic (exact) mass is 554 g/mol. The number of aromatic nitrogens is 4. The SMILES string of the molecule is Cc1nc2ccc(N3CCCC(NC4CCCCC4Nc4ncc(-c5cccc(C(=O)NC6CC6)c5)o4)C3)cn2n1. The molecule has 1 aliphatic heterocycles. The number of fused-ring (bicyclic) bond motifs is 1. The van der Waals surface area contributed by atoms with E-state index in [0.29, 0.717) is 35.5 Å². The molecule has 3 N–H and O–H groups in total. The second kappa shape index (κ2) is 11.2. The molecular formula is C31H38N8O2. The highest BCUT2D eigenvalue weighted by Gasteiger charge is 2.30. The minimum absolute atomic E-state index is 0.0290. The maximum absolute atomic E-state index is 12.5. The molecule has 2 aliphatic carbocycles. The number of carbonyl (C=O) groups excluding carboxylic acids is 1. The highest BCUT2D eigenvalue weighted by molar-refractivity contribution is 5.95. The summed E-state index contributed by atoms with van der Waals surface area (Å²) < 4.78 is 8.03. The van der Waals surface area contributed by atoms with E-state index in [0.717, 1.165) is 68.6 Å². The number of rotatable bonds is 8. The second-order valence-electron chi connectivity index (χ2n) is 11.8. The third-order valence-electron chi connectivity index (χ3n) is 8.56. The number of piperidine rings is 1. The van der Waals surface area contributed by atoms with Crippen molar-refractivity contribution in [2.75, 3.05) is 23.3 Å². The number of carbonyl (C=O) groups is 1. The summed E-state index contributed by atoms with van der Waals surface area (Å²) in [5, 5.41) is 15.1. The molecule has 41 heavy (non-hydrogen) atoms. The zero-order valence-corrected chi connectivity index (χ0v) is 23.6. The Kier molecular flexibility index (Phi) is 7.08. The minimum Gasteiger partial charge on any atom is -0.424 e. The summed E-state index contributed by atoms with van der Waals surface area (Å²) in [6, 6.07) is 13.7. The Hall–Kier alpha value is -3.92. The lowest BCUT2D eigenvalue weighted by Crippen LogP contribution is -2.54. The summed E-state index contributed by atoms with van der Waals surface area (Å²) in [5.74, 6) is 1.43. The maximum Gasteiger partial charge on any atom is 0.295 e. The van der Waals surface area contributed by atoms with Crippen LogP contribution in [0.3, 0.4) is 0 Å². The smallest absolute Gasteiger partial charge is 0.295 e. The van der Waals surface area contributed by atoms with Crippen molar-refractivity contribution < 1.29 is 9.21 Å². The van der Waals surface area contributed by atoms with Gasteiger partial charge >= 0.3 is 0 Å². The lowest BCUT2D eigenvalue weighted by atomic mass is 9.89. The van der Waals surface area contributed by atoms with Crippen LogP contribution in [0.1, 0.15) is 67.5 Å². The average molecular weight is 555 g/mol. The number of nitrogens with one attached hydrogen (secondary N) is 3. The van der Waals surface area contributed by atoms with E-state index in [1.165, 1.54) is 18.5 Å².